The zero-order chi connectivity index (χ0) is 15.1. The van der Waals surface area contributed by atoms with Crippen LogP contribution in [0, 0.1) is 11.3 Å². The van der Waals surface area contributed by atoms with E-state index >= 15 is 0 Å². The Hall–Kier alpha value is -2.48. The van der Waals surface area contributed by atoms with Gasteiger partial charge in [-0.25, -0.2) is 0 Å². The Labute approximate surface area is 124 Å². The highest BCUT2D eigenvalue weighted by atomic mass is 16.5. The molecule has 0 aliphatic carbocycles. The third-order valence-electron chi connectivity index (χ3n) is 3.12. The lowest BCUT2D eigenvalue weighted by Crippen LogP contribution is -2.23. The molecule has 0 spiro atoms. The number of nitriles is 1. The van der Waals surface area contributed by atoms with Gasteiger partial charge in [0.25, 0.3) is 5.91 Å². The predicted molar refractivity (Wildman–Crippen MR) is 77.5 cm³/mol. The minimum Gasteiger partial charge on any atom is -0.494 e. The van der Waals surface area contributed by atoms with Gasteiger partial charge in [-0.3, -0.25) is 10.1 Å². The first-order valence-corrected chi connectivity index (χ1v) is 7.05. The number of hydrogen-bond donors (Lipinski definition) is 1. The standard InChI is InChI=1S/C16H18N2O3/c1-2-3-9-20-14-6-4-12(5-7-14)15(19)18-16-13(11-17)8-10-21-16/h4-7H,2-3,8-10H2,1H3,(H,18,19). The smallest absolute Gasteiger partial charge is 0.257 e. The monoisotopic (exact) mass is 286 g/mol. The van der Waals surface area contributed by atoms with Crippen LogP contribution >= 0.6 is 0 Å². The Balaban J connectivity index is 1.96. The number of amides is 1. The molecular formula is C16H18N2O3. The number of benzene rings is 1. The molecule has 2 rings (SSSR count). The van der Waals surface area contributed by atoms with Gasteiger partial charge in [-0.15, -0.1) is 0 Å². The van der Waals surface area contributed by atoms with Crippen LogP contribution in [0.25, 0.3) is 0 Å². The summed E-state index contributed by atoms with van der Waals surface area (Å²) in [7, 11) is 0. The fraction of sp³-hybridized carbons (Fsp3) is 0.375. The van der Waals surface area contributed by atoms with E-state index in [1.807, 2.05) is 6.07 Å². The molecule has 5 heteroatoms. The molecule has 0 bridgehead atoms. The number of hydrogen-bond acceptors (Lipinski definition) is 4. The molecule has 0 saturated heterocycles. The third-order valence-corrected chi connectivity index (χ3v) is 3.12. The van der Waals surface area contributed by atoms with Gasteiger partial charge in [0.1, 0.15) is 11.8 Å². The summed E-state index contributed by atoms with van der Waals surface area (Å²) in [6.07, 6.45) is 2.62. The van der Waals surface area contributed by atoms with Gasteiger partial charge in [-0.1, -0.05) is 13.3 Å². The highest BCUT2D eigenvalue weighted by Crippen LogP contribution is 2.17. The second kappa shape index (κ2) is 7.34. The number of carbonyl (C=O) groups is 1. The molecule has 0 atom stereocenters. The molecule has 1 aromatic carbocycles. The van der Waals surface area contributed by atoms with Gasteiger partial charge in [-0.2, -0.15) is 5.26 Å². The predicted octanol–water partition coefficient (Wildman–Crippen LogP) is 2.75. The van der Waals surface area contributed by atoms with Crippen LogP contribution in [0.1, 0.15) is 36.5 Å². The minimum absolute atomic E-state index is 0.269. The van der Waals surface area contributed by atoms with Gasteiger partial charge in [0.05, 0.1) is 18.8 Å². The summed E-state index contributed by atoms with van der Waals surface area (Å²) in [5.41, 5.74) is 0.973. The Morgan fingerprint density at radius 1 is 1.43 bits per heavy atom. The summed E-state index contributed by atoms with van der Waals surface area (Å²) in [6, 6.07) is 8.94. The fourth-order valence-corrected chi connectivity index (χ4v) is 1.89. The molecule has 1 aliphatic heterocycles. The van der Waals surface area contributed by atoms with Gasteiger partial charge >= 0.3 is 0 Å². The maximum atomic E-state index is 12.1. The maximum absolute atomic E-state index is 12.1. The van der Waals surface area contributed by atoms with Crippen molar-refractivity contribution < 1.29 is 14.3 Å². The summed E-state index contributed by atoms with van der Waals surface area (Å²) < 4.78 is 10.8. The van der Waals surface area contributed by atoms with E-state index in [0.29, 0.717) is 30.8 Å². The Morgan fingerprint density at radius 2 is 2.19 bits per heavy atom. The molecular weight excluding hydrogens is 268 g/mol. The quantitative estimate of drug-likeness (QED) is 0.816. The van der Waals surface area contributed by atoms with Crippen LogP contribution < -0.4 is 10.1 Å². The zero-order valence-corrected chi connectivity index (χ0v) is 12.0. The molecule has 21 heavy (non-hydrogen) atoms. The van der Waals surface area contributed by atoms with Crippen LogP contribution in [0.15, 0.2) is 35.7 Å². The molecule has 0 radical (unpaired) electrons. The largest absolute Gasteiger partial charge is 0.494 e. The van der Waals surface area contributed by atoms with Crippen molar-refractivity contribution in [3.8, 4) is 11.8 Å². The van der Waals surface area contributed by atoms with E-state index in [4.69, 9.17) is 14.7 Å². The van der Waals surface area contributed by atoms with Crippen molar-refractivity contribution >= 4 is 5.91 Å². The van der Waals surface area contributed by atoms with Gasteiger partial charge in [-0.05, 0) is 30.7 Å². The molecule has 1 heterocycles. The van der Waals surface area contributed by atoms with E-state index in [9.17, 15) is 4.79 Å². The Kier molecular flexibility index (Phi) is 5.22. The van der Waals surface area contributed by atoms with Crippen molar-refractivity contribution in [3.05, 3.63) is 41.3 Å². The summed E-state index contributed by atoms with van der Waals surface area (Å²) in [5, 5.41) is 11.5. The van der Waals surface area contributed by atoms with Crippen LogP contribution in [0.5, 0.6) is 5.75 Å². The molecule has 0 unspecified atom stereocenters. The van der Waals surface area contributed by atoms with Crippen LogP contribution in [-0.4, -0.2) is 19.1 Å². The second-order valence-electron chi connectivity index (χ2n) is 4.70. The van der Waals surface area contributed by atoms with E-state index in [0.717, 1.165) is 18.6 Å². The van der Waals surface area contributed by atoms with Crippen LogP contribution in [-0.2, 0) is 4.74 Å². The summed E-state index contributed by atoms with van der Waals surface area (Å²) in [5.74, 6) is 0.722. The average molecular weight is 286 g/mol. The van der Waals surface area contributed by atoms with Crippen molar-refractivity contribution in [1.82, 2.24) is 5.32 Å². The number of unbranched alkanes of at least 4 members (excludes halogenated alkanes) is 1. The van der Waals surface area contributed by atoms with E-state index < -0.39 is 0 Å². The molecule has 5 nitrogen and oxygen atoms in total. The highest BCUT2D eigenvalue weighted by molar-refractivity contribution is 5.95. The lowest BCUT2D eigenvalue weighted by Gasteiger charge is -2.08. The minimum atomic E-state index is -0.292. The molecule has 0 aromatic heterocycles. The lowest BCUT2D eigenvalue weighted by molar-refractivity contribution is 0.0930. The summed E-state index contributed by atoms with van der Waals surface area (Å²) >= 11 is 0. The number of nitrogens with one attached hydrogen (secondary N) is 1. The van der Waals surface area contributed by atoms with Crippen LogP contribution in [0.4, 0.5) is 0 Å². The molecule has 1 aromatic rings. The van der Waals surface area contributed by atoms with Crippen molar-refractivity contribution in [2.75, 3.05) is 13.2 Å². The molecule has 110 valence electrons. The van der Waals surface area contributed by atoms with E-state index in [2.05, 4.69) is 12.2 Å². The number of nitrogens with zero attached hydrogens (tertiary/aromatic N) is 1. The van der Waals surface area contributed by atoms with Crippen molar-refractivity contribution in [2.24, 2.45) is 0 Å². The third kappa shape index (κ3) is 3.99. The fourth-order valence-electron chi connectivity index (χ4n) is 1.89. The first kappa shape index (κ1) is 14.9. The van der Waals surface area contributed by atoms with Gasteiger partial charge in [0.2, 0.25) is 5.88 Å². The van der Waals surface area contributed by atoms with Crippen molar-refractivity contribution in [1.29, 1.82) is 5.26 Å². The number of rotatable bonds is 6. The van der Waals surface area contributed by atoms with Gasteiger partial charge in [0, 0.05) is 12.0 Å². The van der Waals surface area contributed by atoms with Crippen molar-refractivity contribution in [2.45, 2.75) is 26.2 Å². The number of carbonyl (C=O) groups excluding carboxylic acids is 1. The zero-order valence-electron chi connectivity index (χ0n) is 12.0. The van der Waals surface area contributed by atoms with E-state index in [1.165, 1.54) is 0 Å². The molecule has 0 saturated carbocycles. The maximum Gasteiger partial charge on any atom is 0.257 e. The average Bonchev–Trinajstić information content (AvgIpc) is 2.95. The summed E-state index contributed by atoms with van der Waals surface area (Å²) in [6.45, 7) is 3.21. The van der Waals surface area contributed by atoms with E-state index in [-0.39, 0.29) is 11.8 Å². The van der Waals surface area contributed by atoms with E-state index in [1.54, 1.807) is 24.3 Å². The normalized spacial score (nSPS) is 13.5. The second-order valence-corrected chi connectivity index (χ2v) is 4.70. The topological polar surface area (TPSA) is 71.3 Å². The first-order chi connectivity index (χ1) is 10.2. The Bertz CT molecular complexity index is 570. The van der Waals surface area contributed by atoms with Gasteiger partial charge < -0.3 is 9.47 Å². The number of ether oxygens (including phenoxy) is 2. The molecule has 1 amide bonds. The SMILES string of the molecule is CCCCOc1ccc(C(=O)NC2=C(C#N)CCO2)cc1. The van der Waals surface area contributed by atoms with Gasteiger partial charge in [0.15, 0.2) is 0 Å². The molecule has 1 N–H and O–H groups in total. The summed E-state index contributed by atoms with van der Waals surface area (Å²) in [4.78, 5) is 12.1. The first-order valence-electron chi connectivity index (χ1n) is 7.05. The molecule has 0 fully saturated rings. The molecule has 1 aliphatic rings. The highest BCUT2D eigenvalue weighted by Gasteiger charge is 2.18. The van der Waals surface area contributed by atoms with Crippen molar-refractivity contribution in [3.63, 3.8) is 0 Å². The van der Waals surface area contributed by atoms with Crippen LogP contribution in [0.2, 0.25) is 0 Å². The Morgan fingerprint density at radius 3 is 2.86 bits per heavy atom. The van der Waals surface area contributed by atoms with Crippen LogP contribution in [0.3, 0.4) is 0 Å². The lowest BCUT2D eigenvalue weighted by atomic mass is 10.2.